The smallest absolute Gasteiger partial charge is 1.00 e. The van der Waals surface area contributed by atoms with Gasteiger partial charge in [-0.05, 0) is 24.0 Å². The molecule has 3 nitrogen and oxygen atoms in total. The van der Waals surface area contributed by atoms with E-state index in [1.807, 2.05) is 12.1 Å². The third-order valence-electron chi connectivity index (χ3n) is 2.52. The van der Waals surface area contributed by atoms with Crippen LogP contribution in [0.25, 0.3) is 0 Å². The van der Waals surface area contributed by atoms with E-state index in [9.17, 15) is 4.79 Å². The number of carbonyl (C=O) groups is 1. The summed E-state index contributed by atoms with van der Waals surface area (Å²) in [6, 6.07) is 7.33. The van der Waals surface area contributed by atoms with Gasteiger partial charge in [-0.2, -0.15) is 0 Å². The van der Waals surface area contributed by atoms with Crippen molar-refractivity contribution in [2.75, 3.05) is 6.79 Å². The third kappa shape index (κ3) is 3.91. The summed E-state index contributed by atoms with van der Waals surface area (Å²) in [6.07, 6.45) is 0.962. The van der Waals surface area contributed by atoms with Gasteiger partial charge in [-0.1, -0.05) is 32.0 Å². The maximum atomic E-state index is 11.5. The average Bonchev–Trinajstić information content (AvgIpc) is 2.28. The predicted molar refractivity (Wildman–Crippen MR) is 58.8 cm³/mol. The molecule has 1 atom stereocenters. The zero-order valence-electron chi connectivity index (χ0n) is 11.1. The molecule has 0 bridgehead atoms. The molecule has 0 aliphatic heterocycles. The Morgan fingerprint density at radius 2 is 2.12 bits per heavy atom. The SMILES string of the molecule is CCC(C)c1ccccc1C(=O)OCO.[H-].[Na+]. The topological polar surface area (TPSA) is 46.5 Å². The maximum absolute atomic E-state index is 11.5. The van der Waals surface area contributed by atoms with E-state index in [4.69, 9.17) is 5.11 Å². The van der Waals surface area contributed by atoms with Crippen LogP contribution in [0, 0.1) is 0 Å². The summed E-state index contributed by atoms with van der Waals surface area (Å²) in [6.45, 7) is 3.55. The quantitative estimate of drug-likeness (QED) is 0.429. The van der Waals surface area contributed by atoms with E-state index in [2.05, 4.69) is 18.6 Å². The Hall–Kier alpha value is -0.350. The zero-order chi connectivity index (χ0) is 11.3. The molecule has 84 valence electrons. The van der Waals surface area contributed by atoms with Crippen LogP contribution in [-0.4, -0.2) is 17.9 Å². The van der Waals surface area contributed by atoms with Gasteiger partial charge in [0.25, 0.3) is 0 Å². The van der Waals surface area contributed by atoms with Gasteiger partial charge in [0.15, 0.2) is 6.79 Å². The predicted octanol–water partition coefficient (Wildman–Crippen LogP) is -0.577. The van der Waals surface area contributed by atoms with Crippen LogP contribution >= 0.6 is 0 Å². The first-order chi connectivity index (χ1) is 7.20. The second kappa shape index (κ2) is 7.85. The molecule has 1 unspecified atom stereocenters. The van der Waals surface area contributed by atoms with Gasteiger partial charge < -0.3 is 11.3 Å². The van der Waals surface area contributed by atoms with Crippen molar-refractivity contribution in [1.29, 1.82) is 0 Å². The number of esters is 1. The average molecular weight is 232 g/mol. The molecule has 0 aliphatic rings. The summed E-state index contributed by atoms with van der Waals surface area (Å²) in [5.41, 5.74) is 1.51. The van der Waals surface area contributed by atoms with Crippen LogP contribution in [0.15, 0.2) is 24.3 Å². The molecular formula is C12H17NaO3. The monoisotopic (exact) mass is 232 g/mol. The number of hydrogen-bond donors (Lipinski definition) is 1. The minimum atomic E-state index is -0.576. The van der Waals surface area contributed by atoms with E-state index in [0.29, 0.717) is 11.5 Å². The Morgan fingerprint density at radius 1 is 1.50 bits per heavy atom. The minimum Gasteiger partial charge on any atom is -1.00 e. The second-order valence-corrected chi connectivity index (χ2v) is 3.46. The van der Waals surface area contributed by atoms with Crippen molar-refractivity contribution in [3.8, 4) is 0 Å². The molecule has 0 saturated carbocycles. The Morgan fingerprint density at radius 3 is 2.69 bits per heavy atom. The molecule has 1 rings (SSSR count). The van der Waals surface area contributed by atoms with E-state index >= 15 is 0 Å². The van der Waals surface area contributed by atoms with Gasteiger partial charge >= 0.3 is 35.5 Å². The molecule has 0 heterocycles. The van der Waals surface area contributed by atoms with Gasteiger partial charge in [0, 0.05) is 0 Å². The van der Waals surface area contributed by atoms with Crippen LogP contribution in [-0.2, 0) is 4.74 Å². The van der Waals surface area contributed by atoms with Crippen molar-refractivity contribution in [2.24, 2.45) is 0 Å². The first kappa shape index (κ1) is 15.7. The standard InChI is InChI=1S/C12H16O3.Na.H/c1-3-9(2)10-6-4-5-7-11(10)12(14)15-8-13;;/h4-7,9,13H,3,8H2,1-2H3;;/q;+1;-1. The fraction of sp³-hybridized carbons (Fsp3) is 0.417. The van der Waals surface area contributed by atoms with Crippen molar-refractivity contribution in [2.45, 2.75) is 26.2 Å². The molecule has 1 aromatic rings. The number of benzene rings is 1. The largest absolute Gasteiger partial charge is 1.00 e. The van der Waals surface area contributed by atoms with Crippen molar-refractivity contribution in [3.63, 3.8) is 0 Å². The van der Waals surface area contributed by atoms with Gasteiger partial charge in [0.2, 0.25) is 0 Å². The summed E-state index contributed by atoms with van der Waals surface area (Å²) in [7, 11) is 0. The number of aliphatic hydroxyl groups excluding tert-OH is 1. The van der Waals surface area contributed by atoms with E-state index in [1.165, 1.54) is 0 Å². The van der Waals surface area contributed by atoms with Gasteiger partial charge in [0.1, 0.15) is 0 Å². The Labute approximate surface area is 120 Å². The van der Waals surface area contributed by atoms with Crippen molar-refractivity contribution >= 4 is 5.97 Å². The van der Waals surface area contributed by atoms with Crippen LogP contribution in [0.3, 0.4) is 0 Å². The molecule has 1 N–H and O–H groups in total. The molecule has 1 aromatic carbocycles. The van der Waals surface area contributed by atoms with E-state index in [1.54, 1.807) is 12.1 Å². The first-order valence-electron chi connectivity index (χ1n) is 5.07. The fourth-order valence-corrected chi connectivity index (χ4v) is 1.47. The van der Waals surface area contributed by atoms with Gasteiger partial charge in [0.05, 0.1) is 5.56 Å². The van der Waals surface area contributed by atoms with Crippen molar-refractivity contribution in [1.82, 2.24) is 0 Å². The number of ether oxygens (including phenoxy) is 1. The molecular weight excluding hydrogens is 215 g/mol. The molecule has 4 heteroatoms. The van der Waals surface area contributed by atoms with Gasteiger partial charge in [-0.15, -0.1) is 0 Å². The van der Waals surface area contributed by atoms with E-state index in [0.717, 1.165) is 12.0 Å². The molecule has 0 amide bonds. The van der Waals surface area contributed by atoms with E-state index in [-0.39, 0.29) is 31.0 Å². The summed E-state index contributed by atoms with van der Waals surface area (Å²) in [4.78, 5) is 11.5. The van der Waals surface area contributed by atoms with E-state index < -0.39 is 12.8 Å². The van der Waals surface area contributed by atoms with Crippen LogP contribution < -0.4 is 29.6 Å². The van der Waals surface area contributed by atoms with Crippen molar-refractivity contribution < 1.29 is 45.6 Å². The molecule has 0 spiro atoms. The van der Waals surface area contributed by atoms with Gasteiger partial charge in [-0.25, -0.2) is 4.79 Å². The molecule has 0 radical (unpaired) electrons. The van der Waals surface area contributed by atoms with Crippen LogP contribution in [0.5, 0.6) is 0 Å². The molecule has 0 fully saturated rings. The second-order valence-electron chi connectivity index (χ2n) is 3.46. The Kier molecular flexibility index (Phi) is 7.68. The van der Waals surface area contributed by atoms with Gasteiger partial charge in [-0.3, -0.25) is 0 Å². The summed E-state index contributed by atoms with van der Waals surface area (Å²) >= 11 is 0. The first-order valence-corrected chi connectivity index (χ1v) is 5.07. The van der Waals surface area contributed by atoms with Crippen LogP contribution in [0.2, 0.25) is 0 Å². The number of hydrogen-bond acceptors (Lipinski definition) is 3. The summed E-state index contributed by atoms with van der Waals surface area (Å²) in [5.74, 6) is -0.152. The normalized spacial score (nSPS) is 11.4. The van der Waals surface area contributed by atoms with Crippen LogP contribution in [0.1, 0.15) is 43.5 Å². The zero-order valence-corrected chi connectivity index (χ0v) is 12.1. The van der Waals surface area contributed by atoms with Crippen molar-refractivity contribution in [3.05, 3.63) is 35.4 Å². The third-order valence-corrected chi connectivity index (χ3v) is 2.52. The number of rotatable bonds is 4. The molecule has 0 saturated heterocycles. The molecule has 16 heavy (non-hydrogen) atoms. The summed E-state index contributed by atoms with van der Waals surface area (Å²) < 4.78 is 4.58. The molecule has 0 aliphatic carbocycles. The molecule has 0 aromatic heterocycles. The fourth-order valence-electron chi connectivity index (χ4n) is 1.47. The minimum absolute atomic E-state index is 0. The summed E-state index contributed by atoms with van der Waals surface area (Å²) in [5, 5.41) is 8.54. The number of aliphatic hydroxyl groups is 1. The maximum Gasteiger partial charge on any atom is 1.00 e. The number of carbonyl (C=O) groups excluding carboxylic acids is 1. The Bertz CT molecular complexity index is 344. The van der Waals surface area contributed by atoms with Crippen LogP contribution in [0.4, 0.5) is 0 Å². The Balaban J connectivity index is 0.